The first-order valence-corrected chi connectivity index (χ1v) is 4.64. The Morgan fingerprint density at radius 2 is 2.09 bits per heavy atom. The van der Waals surface area contributed by atoms with E-state index in [1.165, 1.54) is 0 Å². The first kappa shape index (κ1) is 8.75. The summed E-state index contributed by atoms with van der Waals surface area (Å²) in [6.45, 7) is 0. The first-order chi connectivity index (χ1) is 5.10. The predicted octanol–water partition coefficient (Wildman–Crippen LogP) is 2.33. The third-order valence-corrected chi connectivity index (χ3v) is 2.85. The van der Waals surface area contributed by atoms with Crippen LogP contribution in [-0.4, -0.2) is 9.00 Å². The average Bonchev–Trinajstić information content (AvgIpc) is 2.65. The number of halogens is 1. The maximum atomic E-state index is 8.65. The van der Waals surface area contributed by atoms with Crippen LogP contribution in [0.3, 0.4) is 0 Å². The lowest BCUT2D eigenvalue weighted by molar-refractivity contribution is 0.948. The van der Waals surface area contributed by atoms with Crippen LogP contribution in [0.25, 0.3) is 0 Å². The molecular formula is C6H6BrN3S. The van der Waals surface area contributed by atoms with Crippen molar-refractivity contribution in [3.05, 3.63) is 0 Å². The second-order valence-corrected chi connectivity index (χ2v) is 4.74. The zero-order valence-corrected chi connectivity index (χ0v) is 8.05. The van der Waals surface area contributed by atoms with Crippen molar-refractivity contribution in [2.24, 2.45) is 5.41 Å². The zero-order chi connectivity index (χ0) is 8.48. The standard InChI is InChI=1S/C6H6BrN3S/c7-5(10)11-4(9)6(3-8)1-2-6/h9-10H,1-2H2. The molecule has 0 unspecified atom stereocenters. The summed E-state index contributed by atoms with van der Waals surface area (Å²) in [6.07, 6.45) is 1.55. The van der Waals surface area contributed by atoms with Gasteiger partial charge in [0.25, 0.3) is 0 Å². The Balaban J connectivity index is 2.57. The molecule has 3 nitrogen and oxygen atoms in total. The molecule has 2 N–H and O–H groups in total. The van der Waals surface area contributed by atoms with Gasteiger partial charge in [-0.15, -0.1) is 0 Å². The van der Waals surface area contributed by atoms with Gasteiger partial charge in [0.15, 0.2) is 0 Å². The van der Waals surface area contributed by atoms with E-state index in [2.05, 4.69) is 22.0 Å². The lowest BCUT2D eigenvalue weighted by atomic mass is 10.2. The molecule has 1 fully saturated rings. The third kappa shape index (κ3) is 1.82. The molecule has 1 aliphatic carbocycles. The monoisotopic (exact) mass is 231 g/mol. The van der Waals surface area contributed by atoms with Gasteiger partial charge in [0.2, 0.25) is 0 Å². The van der Waals surface area contributed by atoms with Crippen LogP contribution in [-0.2, 0) is 0 Å². The van der Waals surface area contributed by atoms with E-state index in [0.717, 1.165) is 24.6 Å². The first-order valence-electron chi connectivity index (χ1n) is 3.03. The van der Waals surface area contributed by atoms with Crippen molar-refractivity contribution in [2.75, 3.05) is 0 Å². The van der Waals surface area contributed by atoms with Gasteiger partial charge in [-0.3, -0.25) is 10.8 Å². The van der Waals surface area contributed by atoms with Crippen LogP contribution >= 0.6 is 27.7 Å². The van der Waals surface area contributed by atoms with Crippen LogP contribution in [0.15, 0.2) is 0 Å². The number of nitrogens with one attached hydrogen (secondary N) is 2. The summed E-state index contributed by atoms with van der Waals surface area (Å²) in [7, 11) is 0. The normalized spacial score (nSPS) is 18.5. The van der Waals surface area contributed by atoms with Crippen molar-refractivity contribution in [1.82, 2.24) is 0 Å². The lowest BCUT2D eigenvalue weighted by Crippen LogP contribution is -2.08. The van der Waals surface area contributed by atoms with E-state index in [0.29, 0.717) is 5.04 Å². The summed E-state index contributed by atoms with van der Waals surface area (Å²) < 4.78 is 0.198. The average molecular weight is 232 g/mol. The molecule has 0 aliphatic heterocycles. The molecule has 58 valence electrons. The highest BCUT2D eigenvalue weighted by Crippen LogP contribution is 2.48. The predicted molar refractivity (Wildman–Crippen MR) is 49.3 cm³/mol. The Bertz CT molecular complexity index is 251. The lowest BCUT2D eigenvalue weighted by Gasteiger charge is -2.03. The van der Waals surface area contributed by atoms with E-state index < -0.39 is 5.41 Å². The summed E-state index contributed by atoms with van der Waals surface area (Å²) >= 11 is 3.93. The minimum atomic E-state index is -0.537. The van der Waals surface area contributed by atoms with E-state index in [1.54, 1.807) is 0 Å². The second kappa shape index (κ2) is 2.95. The van der Waals surface area contributed by atoms with Crippen molar-refractivity contribution >= 4 is 36.7 Å². The fraction of sp³-hybridized carbons (Fsp3) is 0.500. The molecule has 11 heavy (non-hydrogen) atoms. The number of nitrogens with zero attached hydrogens (tertiary/aromatic N) is 1. The molecule has 0 aromatic heterocycles. The largest absolute Gasteiger partial charge is 0.296 e. The molecule has 0 saturated heterocycles. The van der Waals surface area contributed by atoms with Crippen LogP contribution in [0.5, 0.6) is 0 Å². The minimum absolute atomic E-state index is 0.198. The highest BCUT2D eigenvalue weighted by Gasteiger charge is 2.48. The van der Waals surface area contributed by atoms with E-state index in [9.17, 15) is 0 Å². The Morgan fingerprint density at radius 1 is 1.55 bits per heavy atom. The summed E-state index contributed by atoms with van der Waals surface area (Å²) in [4.78, 5) is 0. The van der Waals surface area contributed by atoms with Gasteiger partial charge in [0.1, 0.15) is 9.37 Å². The molecule has 0 atom stereocenters. The summed E-state index contributed by atoms with van der Waals surface area (Å²) in [5.41, 5.74) is -0.537. The molecule has 0 heterocycles. The number of hydrogen-bond donors (Lipinski definition) is 2. The third-order valence-electron chi connectivity index (χ3n) is 1.59. The van der Waals surface area contributed by atoms with E-state index >= 15 is 0 Å². The van der Waals surface area contributed by atoms with Gasteiger partial charge < -0.3 is 0 Å². The Kier molecular flexibility index (Phi) is 2.35. The van der Waals surface area contributed by atoms with Crippen LogP contribution in [0.2, 0.25) is 0 Å². The number of nitriles is 1. The summed E-state index contributed by atoms with van der Waals surface area (Å²) in [6, 6.07) is 2.09. The highest BCUT2D eigenvalue weighted by atomic mass is 79.9. The molecule has 0 bridgehead atoms. The maximum absolute atomic E-state index is 8.65. The number of thioether (sulfide) groups is 1. The number of rotatable bonds is 1. The molecule has 5 heteroatoms. The smallest absolute Gasteiger partial charge is 0.137 e. The Morgan fingerprint density at radius 3 is 2.36 bits per heavy atom. The van der Waals surface area contributed by atoms with Crippen LogP contribution in [0.1, 0.15) is 12.8 Å². The molecule has 0 aromatic carbocycles. The fourth-order valence-corrected chi connectivity index (χ4v) is 1.81. The van der Waals surface area contributed by atoms with Crippen LogP contribution < -0.4 is 0 Å². The Labute approximate surface area is 77.3 Å². The molecule has 1 aliphatic rings. The Hall–Kier alpha value is -0.340. The molecule has 1 rings (SSSR count). The van der Waals surface area contributed by atoms with Crippen LogP contribution in [0, 0.1) is 27.6 Å². The fourth-order valence-electron chi connectivity index (χ4n) is 0.702. The van der Waals surface area contributed by atoms with Gasteiger partial charge in [-0.25, -0.2) is 0 Å². The minimum Gasteiger partial charge on any atom is -0.296 e. The summed E-state index contributed by atoms with van der Waals surface area (Å²) in [5, 5.41) is 23.4. The number of hydrogen-bond acceptors (Lipinski definition) is 4. The van der Waals surface area contributed by atoms with E-state index in [4.69, 9.17) is 16.1 Å². The summed E-state index contributed by atoms with van der Waals surface area (Å²) in [5.74, 6) is 0. The van der Waals surface area contributed by atoms with Gasteiger partial charge >= 0.3 is 0 Å². The van der Waals surface area contributed by atoms with Gasteiger partial charge in [-0.1, -0.05) is 0 Å². The van der Waals surface area contributed by atoms with Gasteiger partial charge in [0.05, 0.1) is 11.1 Å². The van der Waals surface area contributed by atoms with Crippen molar-refractivity contribution in [3.63, 3.8) is 0 Å². The van der Waals surface area contributed by atoms with E-state index in [1.807, 2.05) is 0 Å². The van der Waals surface area contributed by atoms with E-state index in [-0.39, 0.29) is 3.95 Å². The quantitative estimate of drug-likeness (QED) is 0.538. The molecular weight excluding hydrogens is 226 g/mol. The van der Waals surface area contributed by atoms with Crippen molar-refractivity contribution in [1.29, 1.82) is 16.1 Å². The van der Waals surface area contributed by atoms with Crippen molar-refractivity contribution < 1.29 is 0 Å². The SMILES string of the molecule is N#CC1(C(=N)SC(=N)Br)CC1. The topological polar surface area (TPSA) is 71.5 Å². The molecule has 0 amide bonds. The molecule has 0 spiro atoms. The van der Waals surface area contributed by atoms with Gasteiger partial charge in [-0.2, -0.15) is 5.26 Å². The van der Waals surface area contributed by atoms with Crippen molar-refractivity contribution in [3.8, 4) is 6.07 Å². The van der Waals surface area contributed by atoms with Gasteiger partial charge in [-0.05, 0) is 40.5 Å². The zero-order valence-electron chi connectivity index (χ0n) is 5.65. The molecule has 0 radical (unpaired) electrons. The highest BCUT2D eigenvalue weighted by molar-refractivity contribution is 9.22. The molecule has 0 aromatic rings. The molecule has 1 saturated carbocycles. The second-order valence-electron chi connectivity index (χ2n) is 2.40. The maximum Gasteiger partial charge on any atom is 0.137 e. The van der Waals surface area contributed by atoms with Crippen LogP contribution in [0.4, 0.5) is 0 Å². The van der Waals surface area contributed by atoms with Crippen molar-refractivity contribution in [2.45, 2.75) is 12.8 Å². The van der Waals surface area contributed by atoms with Gasteiger partial charge in [0, 0.05) is 0 Å².